The highest BCUT2D eigenvalue weighted by molar-refractivity contribution is 8.03. The van der Waals surface area contributed by atoms with Crippen molar-refractivity contribution in [2.24, 2.45) is 17.8 Å². The molecule has 1 aliphatic carbocycles. The van der Waals surface area contributed by atoms with Crippen LogP contribution in [0, 0.1) is 17.8 Å². The van der Waals surface area contributed by atoms with Crippen molar-refractivity contribution in [3.63, 3.8) is 0 Å². The number of carboxylic acids is 1. The number of likely N-dealkylation sites (tertiary alicyclic amines) is 1. The van der Waals surface area contributed by atoms with Gasteiger partial charge in [-0.2, -0.15) is 0 Å². The quantitative estimate of drug-likeness (QED) is 0.365. The molecule has 0 aromatic heterocycles. The van der Waals surface area contributed by atoms with E-state index >= 15 is 0 Å². The third kappa shape index (κ3) is 4.19. The molecule has 9 nitrogen and oxygen atoms in total. The van der Waals surface area contributed by atoms with Crippen molar-refractivity contribution in [1.82, 2.24) is 20.4 Å². The van der Waals surface area contributed by atoms with Crippen LogP contribution in [0.2, 0.25) is 0 Å². The second-order valence-electron chi connectivity index (χ2n) is 10.3. The van der Waals surface area contributed by atoms with Gasteiger partial charge in [0.25, 0.3) is 0 Å². The highest BCUT2D eigenvalue weighted by Crippen LogP contribution is 2.51. The highest BCUT2D eigenvalue weighted by atomic mass is 32.2. The van der Waals surface area contributed by atoms with Crippen molar-refractivity contribution < 1.29 is 24.6 Å². The summed E-state index contributed by atoms with van der Waals surface area (Å²) in [5, 5.41) is 26.8. The molecule has 5 rings (SSSR count). The zero-order valence-corrected chi connectivity index (χ0v) is 20.0. The maximum absolute atomic E-state index is 13.1. The number of amides is 2. The molecule has 1 saturated carbocycles. The fourth-order valence-electron chi connectivity index (χ4n) is 5.88. The van der Waals surface area contributed by atoms with Gasteiger partial charge in [0, 0.05) is 41.7 Å². The number of hydrogen-bond acceptors (Lipinski definition) is 7. The molecule has 5 aliphatic rings. The first-order valence-corrected chi connectivity index (χ1v) is 13.0. The van der Waals surface area contributed by atoms with Crippen molar-refractivity contribution in [1.29, 1.82) is 0 Å². The van der Waals surface area contributed by atoms with Gasteiger partial charge in [-0.15, -0.1) is 11.8 Å². The monoisotopic (exact) mass is 478 g/mol. The summed E-state index contributed by atoms with van der Waals surface area (Å²) in [6.07, 6.45) is 3.42. The molecule has 4 aliphatic heterocycles. The lowest BCUT2D eigenvalue weighted by molar-refractivity contribution is -0.163. The fraction of sp³-hybridized carbons (Fsp3) is 0.783. The second kappa shape index (κ2) is 8.87. The Labute approximate surface area is 198 Å². The third-order valence-corrected chi connectivity index (χ3v) is 9.37. The van der Waals surface area contributed by atoms with E-state index in [4.69, 9.17) is 0 Å². The van der Waals surface area contributed by atoms with Crippen molar-refractivity contribution in [2.45, 2.75) is 69.0 Å². The zero-order valence-electron chi connectivity index (χ0n) is 19.2. The van der Waals surface area contributed by atoms with E-state index in [2.05, 4.69) is 10.6 Å². The molecule has 0 aromatic carbocycles. The minimum atomic E-state index is -1.11. The summed E-state index contributed by atoms with van der Waals surface area (Å²) in [4.78, 5) is 41.6. The molecule has 4 N–H and O–H groups in total. The van der Waals surface area contributed by atoms with E-state index < -0.39 is 18.0 Å². The van der Waals surface area contributed by atoms with E-state index in [9.17, 15) is 24.6 Å². The second-order valence-corrected chi connectivity index (χ2v) is 11.7. The summed E-state index contributed by atoms with van der Waals surface area (Å²) in [6, 6.07) is 0.139. The average Bonchev–Trinajstić information content (AvgIpc) is 3.18. The topological polar surface area (TPSA) is 122 Å². The van der Waals surface area contributed by atoms with Gasteiger partial charge < -0.3 is 30.6 Å². The molecule has 3 saturated heterocycles. The van der Waals surface area contributed by atoms with Gasteiger partial charge in [-0.1, -0.05) is 6.92 Å². The Morgan fingerprint density at radius 3 is 2.73 bits per heavy atom. The van der Waals surface area contributed by atoms with Crippen LogP contribution in [0.15, 0.2) is 10.6 Å². The first-order valence-electron chi connectivity index (χ1n) is 12.2. The zero-order chi connectivity index (χ0) is 23.4. The van der Waals surface area contributed by atoms with E-state index in [1.807, 2.05) is 11.8 Å². The summed E-state index contributed by atoms with van der Waals surface area (Å²) < 4.78 is 0. The highest BCUT2D eigenvalue weighted by Gasteiger charge is 2.60. The van der Waals surface area contributed by atoms with E-state index in [1.165, 1.54) is 29.5 Å². The van der Waals surface area contributed by atoms with Gasteiger partial charge in [-0.3, -0.25) is 9.59 Å². The number of hydrogen-bond donors (Lipinski definition) is 4. The van der Waals surface area contributed by atoms with Gasteiger partial charge in [0.05, 0.1) is 24.1 Å². The minimum Gasteiger partial charge on any atom is -0.477 e. The van der Waals surface area contributed by atoms with Crippen molar-refractivity contribution >= 4 is 29.5 Å². The van der Waals surface area contributed by atoms with E-state index in [0.717, 1.165) is 26.1 Å². The van der Waals surface area contributed by atoms with Crippen molar-refractivity contribution in [3.8, 4) is 0 Å². The number of carbonyl (C=O) groups excluding carboxylic acids is 2. The normalized spacial score (nSPS) is 36.9. The number of rotatable bonds is 8. The molecule has 5 unspecified atom stereocenters. The Balaban J connectivity index is 1.19. The predicted molar refractivity (Wildman–Crippen MR) is 123 cm³/mol. The standard InChI is InChI=1S/C23H34N4O5S/c1-11-18-17(12(2)28)22(30)27(18)19(23(31)32)20(11)33-15-7-16(25-9-15)21(29)26-6-5-13(10-26)8-24-14-3-4-14/h11-18,24-25,28H,3-10H2,1-2H3,(H,31,32)/t11?,12?,13-,15+,16?,17?,18?/m1/s1. The lowest BCUT2D eigenvalue weighted by atomic mass is 9.79. The van der Waals surface area contributed by atoms with Crippen LogP contribution in [0.1, 0.15) is 39.5 Å². The Morgan fingerprint density at radius 2 is 2.06 bits per heavy atom. The van der Waals surface area contributed by atoms with Gasteiger partial charge in [-0.05, 0) is 45.1 Å². The van der Waals surface area contributed by atoms with Crippen LogP contribution >= 0.6 is 11.8 Å². The molecule has 0 spiro atoms. The van der Waals surface area contributed by atoms with E-state index in [1.54, 1.807) is 6.92 Å². The van der Waals surface area contributed by atoms with Gasteiger partial charge in [-0.25, -0.2) is 4.79 Å². The Hall–Kier alpha value is -1.62. The van der Waals surface area contributed by atoms with Crippen LogP contribution in [0.5, 0.6) is 0 Å². The molecule has 182 valence electrons. The molecule has 2 amide bonds. The van der Waals surface area contributed by atoms with Crippen LogP contribution < -0.4 is 10.6 Å². The smallest absolute Gasteiger partial charge is 0.353 e. The molecule has 33 heavy (non-hydrogen) atoms. The van der Waals surface area contributed by atoms with Gasteiger partial charge in [0.2, 0.25) is 11.8 Å². The molecular weight excluding hydrogens is 444 g/mol. The van der Waals surface area contributed by atoms with E-state index in [-0.39, 0.29) is 40.8 Å². The number of aliphatic hydroxyl groups excluding tert-OH is 1. The average molecular weight is 479 g/mol. The van der Waals surface area contributed by atoms with Crippen LogP contribution in [-0.2, 0) is 14.4 Å². The number of aliphatic hydroxyl groups is 1. The molecule has 0 radical (unpaired) electrons. The molecule has 10 heteroatoms. The first kappa shape index (κ1) is 23.1. The first-order chi connectivity index (χ1) is 15.8. The van der Waals surface area contributed by atoms with E-state index in [0.29, 0.717) is 29.8 Å². The SMILES string of the molecule is CC(O)C1C(=O)N2C(C(=O)O)=C(S[C@@H]3CNC(C(=O)N4CC[C@H](CNC5CC5)C4)C3)C(C)C12. The van der Waals surface area contributed by atoms with Crippen molar-refractivity contribution in [3.05, 3.63) is 10.6 Å². The number of thioether (sulfide) groups is 1. The van der Waals surface area contributed by atoms with Gasteiger partial charge >= 0.3 is 5.97 Å². The minimum absolute atomic E-state index is 0.0553. The van der Waals surface area contributed by atoms with Crippen LogP contribution in [0.3, 0.4) is 0 Å². The molecule has 4 fully saturated rings. The lowest BCUT2D eigenvalue weighted by Crippen LogP contribution is -2.63. The number of aliphatic carboxylic acids is 1. The Kier molecular flexibility index (Phi) is 6.22. The van der Waals surface area contributed by atoms with Gasteiger partial charge in [0.15, 0.2) is 0 Å². The fourth-order valence-corrected chi connectivity index (χ4v) is 7.36. The summed E-state index contributed by atoms with van der Waals surface area (Å²) in [6.45, 7) is 6.74. The van der Waals surface area contributed by atoms with Crippen molar-refractivity contribution in [2.75, 3.05) is 26.2 Å². The van der Waals surface area contributed by atoms with Crippen LogP contribution in [-0.4, -0.2) is 93.5 Å². The summed E-state index contributed by atoms with van der Waals surface area (Å²) >= 11 is 1.49. The molecular formula is C23H34N4O5S. The van der Waals surface area contributed by atoms with Gasteiger partial charge in [0.1, 0.15) is 5.70 Å². The summed E-state index contributed by atoms with van der Waals surface area (Å²) in [5.74, 6) is -1.45. The predicted octanol–water partition coefficient (Wildman–Crippen LogP) is 0.204. The Bertz CT molecular complexity index is 875. The lowest BCUT2D eigenvalue weighted by Gasteiger charge is -2.46. The van der Waals surface area contributed by atoms with Crippen LogP contribution in [0.25, 0.3) is 0 Å². The molecule has 0 bridgehead atoms. The maximum Gasteiger partial charge on any atom is 0.353 e. The largest absolute Gasteiger partial charge is 0.477 e. The third-order valence-electron chi connectivity index (χ3n) is 7.86. The number of carboxylic acid groups (broad SMARTS) is 1. The molecule has 0 aromatic rings. The summed E-state index contributed by atoms with van der Waals surface area (Å²) in [5.41, 5.74) is 0.0553. The molecule has 4 heterocycles. The number of β-lactam (4-membered cyclic amide) rings is 1. The maximum atomic E-state index is 13.1. The summed E-state index contributed by atoms with van der Waals surface area (Å²) in [7, 11) is 0. The number of fused-ring (bicyclic) bond motifs is 1. The number of carbonyl (C=O) groups is 3. The number of nitrogens with zero attached hydrogens (tertiary/aromatic N) is 2. The molecule has 7 atom stereocenters. The van der Waals surface area contributed by atoms with Crippen LogP contribution in [0.4, 0.5) is 0 Å². The number of nitrogens with one attached hydrogen (secondary N) is 2. The Morgan fingerprint density at radius 1 is 1.30 bits per heavy atom.